The van der Waals surface area contributed by atoms with E-state index in [9.17, 15) is 0 Å². The Bertz CT molecular complexity index is 413. The number of hydrogen-bond acceptors (Lipinski definition) is 5. The van der Waals surface area contributed by atoms with Crippen LogP contribution < -0.4 is 4.90 Å². The van der Waals surface area contributed by atoms with E-state index in [1.807, 2.05) is 0 Å². The van der Waals surface area contributed by atoms with Crippen LogP contribution in [0.4, 0.5) is 5.82 Å². The van der Waals surface area contributed by atoms with Gasteiger partial charge in [0.05, 0.1) is 11.8 Å². The summed E-state index contributed by atoms with van der Waals surface area (Å²) < 4.78 is 0. The van der Waals surface area contributed by atoms with Crippen LogP contribution in [0.25, 0.3) is 0 Å². The molecule has 1 unspecified atom stereocenters. The lowest BCUT2D eigenvalue weighted by Gasteiger charge is -2.36. The van der Waals surface area contributed by atoms with Gasteiger partial charge in [-0.15, -0.1) is 5.10 Å². The number of nitriles is 1. The first-order chi connectivity index (χ1) is 8.36. The summed E-state index contributed by atoms with van der Waals surface area (Å²) in [6.07, 6.45) is 5.57. The normalized spacial score (nSPS) is 20.0. The molecule has 0 radical (unpaired) electrons. The molecule has 0 saturated carbocycles. The molecule has 17 heavy (non-hydrogen) atoms. The van der Waals surface area contributed by atoms with Gasteiger partial charge >= 0.3 is 0 Å². The summed E-state index contributed by atoms with van der Waals surface area (Å²) in [7, 11) is 0. The van der Waals surface area contributed by atoms with Crippen molar-refractivity contribution in [1.82, 2.24) is 10.2 Å². The van der Waals surface area contributed by atoms with Crippen LogP contribution in [0.15, 0.2) is 12.3 Å². The highest BCUT2D eigenvalue weighted by atomic mass is 16.3. The molecule has 1 fully saturated rings. The highest BCUT2D eigenvalue weighted by molar-refractivity contribution is 5.53. The average molecular weight is 232 g/mol. The number of nitrogens with zero attached hydrogens (tertiary/aromatic N) is 4. The number of rotatable bonds is 3. The Hall–Kier alpha value is -1.67. The fourth-order valence-electron chi connectivity index (χ4n) is 2.35. The maximum Gasteiger partial charge on any atom is 0.169 e. The zero-order valence-electron chi connectivity index (χ0n) is 9.71. The summed E-state index contributed by atoms with van der Waals surface area (Å²) in [5.41, 5.74) is 0.560. The molecule has 90 valence electrons. The van der Waals surface area contributed by atoms with Gasteiger partial charge in [0.15, 0.2) is 5.82 Å². The number of hydrogen-bond donors (Lipinski definition) is 1. The van der Waals surface area contributed by atoms with E-state index in [-0.39, 0.29) is 12.6 Å². The topological polar surface area (TPSA) is 73.0 Å². The molecule has 1 aromatic heterocycles. The van der Waals surface area contributed by atoms with Crippen LogP contribution >= 0.6 is 0 Å². The van der Waals surface area contributed by atoms with E-state index in [1.165, 1.54) is 12.6 Å². The lowest BCUT2D eigenvalue weighted by atomic mass is 9.99. The van der Waals surface area contributed by atoms with E-state index in [0.717, 1.165) is 25.8 Å². The van der Waals surface area contributed by atoms with Crippen molar-refractivity contribution in [3.05, 3.63) is 17.8 Å². The molecule has 5 heteroatoms. The first-order valence-corrected chi connectivity index (χ1v) is 5.96. The Morgan fingerprint density at radius 1 is 1.53 bits per heavy atom. The van der Waals surface area contributed by atoms with Gasteiger partial charge in [0.1, 0.15) is 6.07 Å². The predicted octanol–water partition coefficient (Wildman–Crippen LogP) is 1.09. The van der Waals surface area contributed by atoms with E-state index in [2.05, 4.69) is 21.2 Å². The van der Waals surface area contributed by atoms with Crippen LogP contribution in [0.1, 0.15) is 31.2 Å². The molecule has 2 rings (SSSR count). The number of aliphatic hydroxyl groups excluding tert-OH is 1. The van der Waals surface area contributed by atoms with Crippen molar-refractivity contribution < 1.29 is 5.11 Å². The quantitative estimate of drug-likeness (QED) is 0.844. The molecule has 1 aliphatic rings. The van der Waals surface area contributed by atoms with Crippen LogP contribution in [-0.2, 0) is 0 Å². The smallest absolute Gasteiger partial charge is 0.169 e. The SMILES string of the molecule is N#Cc1ccnnc1N1CCCCC1CCO. The van der Waals surface area contributed by atoms with Crippen LogP contribution in [0.2, 0.25) is 0 Å². The van der Waals surface area contributed by atoms with Gasteiger partial charge in [-0.1, -0.05) is 0 Å². The highest BCUT2D eigenvalue weighted by Crippen LogP contribution is 2.26. The van der Waals surface area contributed by atoms with Crippen molar-refractivity contribution in [2.24, 2.45) is 0 Å². The van der Waals surface area contributed by atoms with Crippen molar-refractivity contribution in [3.63, 3.8) is 0 Å². The third-order valence-corrected chi connectivity index (χ3v) is 3.18. The molecular formula is C12H16N4O. The van der Waals surface area contributed by atoms with Gasteiger partial charge in [-0.3, -0.25) is 0 Å². The lowest BCUT2D eigenvalue weighted by Crippen LogP contribution is -2.41. The molecule has 1 atom stereocenters. The van der Waals surface area contributed by atoms with Crippen molar-refractivity contribution in [1.29, 1.82) is 5.26 Å². The van der Waals surface area contributed by atoms with Crippen LogP contribution in [-0.4, -0.2) is 34.5 Å². The third kappa shape index (κ3) is 2.53. The first kappa shape index (κ1) is 11.8. The maximum absolute atomic E-state index is 9.08. The molecule has 1 aromatic rings. The molecule has 0 amide bonds. The van der Waals surface area contributed by atoms with Crippen molar-refractivity contribution in [2.45, 2.75) is 31.7 Å². The molecule has 0 aromatic carbocycles. The monoisotopic (exact) mass is 232 g/mol. The minimum atomic E-state index is 0.170. The van der Waals surface area contributed by atoms with Crippen LogP contribution in [0.3, 0.4) is 0 Å². The number of anilines is 1. The molecule has 0 bridgehead atoms. The Morgan fingerprint density at radius 2 is 2.41 bits per heavy atom. The molecule has 0 aliphatic carbocycles. The molecule has 0 spiro atoms. The van der Waals surface area contributed by atoms with Gasteiger partial charge < -0.3 is 10.0 Å². The number of aromatic nitrogens is 2. The fourth-order valence-corrected chi connectivity index (χ4v) is 2.35. The standard InChI is InChI=1S/C12H16N4O/c13-9-10-4-6-14-15-12(10)16-7-2-1-3-11(16)5-8-17/h4,6,11,17H,1-3,5,7-8H2. The Kier molecular flexibility index (Phi) is 3.89. The van der Waals surface area contributed by atoms with Gasteiger partial charge in [-0.05, 0) is 31.7 Å². The maximum atomic E-state index is 9.08. The van der Waals surface area contributed by atoms with Gasteiger partial charge in [-0.25, -0.2) is 0 Å². The van der Waals surface area contributed by atoms with Crippen molar-refractivity contribution >= 4 is 5.82 Å². The Morgan fingerprint density at radius 3 is 3.18 bits per heavy atom. The lowest BCUT2D eigenvalue weighted by molar-refractivity contribution is 0.262. The molecule has 1 saturated heterocycles. The second-order valence-electron chi connectivity index (χ2n) is 4.24. The van der Waals surface area contributed by atoms with E-state index < -0.39 is 0 Å². The third-order valence-electron chi connectivity index (χ3n) is 3.18. The molecule has 1 aliphatic heterocycles. The Balaban J connectivity index is 2.26. The van der Waals surface area contributed by atoms with Crippen LogP contribution in [0.5, 0.6) is 0 Å². The van der Waals surface area contributed by atoms with Crippen molar-refractivity contribution in [3.8, 4) is 6.07 Å². The summed E-state index contributed by atoms with van der Waals surface area (Å²) in [6.45, 7) is 1.06. The second kappa shape index (κ2) is 5.60. The van der Waals surface area contributed by atoms with Crippen LogP contribution in [0, 0.1) is 11.3 Å². The minimum absolute atomic E-state index is 0.170. The van der Waals surface area contributed by atoms with Gasteiger partial charge in [0, 0.05) is 19.2 Å². The van der Waals surface area contributed by atoms with Gasteiger partial charge in [0.2, 0.25) is 0 Å². The fraction of sp³-hybridized carbons (Fsp3) is 0.583. The summed E-state index contributed by atoms with van der Waals surface area (Å²) in [5, 5.41) is 26.1. The predicted molar refractivity (Wildman–Crippen MR) is 63.4 cm³/mol. The highest BCUT2D eigenvalue weighted by Gasteiger charge is 2.25. The second-order valence-corrected chi connectivity index (χ2v) is 4.24. The van der Waals surface area contributed by atoms with Crippen molar-refractivity contribution in [2.75, 3.05) is 18.1 Å². The van der Waals surface area contributed by atoms with E-state index in [4.69, 9.17) is 10.4 Å². The summed E-state index contributed by atoms with van der Waals surface area (Å²) in [5.74, 6) is 0.660. The zero-order valence-corrected chi connectivity index (χ0v) is 9.71. The van der Waals surface area contributed by atoms with E-state index in [1.54, 1.807) is 6.07 Å². The van der Waals surface area contributed by atoms with E-state index in [0.29, 0.717) is 11.4 Å². The summed E-state index contributed by atoms with van der Waals surface area (Å²) in [6, 6.07) is 4.11. The first-order valence-electron chi connectivity index (χ1n) is 5.96. The molecular weight excluding hydrogens is 216 g/mol. The van der Waals surface area contributed by atoms with Gasteiger partial charge in [0.25, 0.3) is 0 Å². The summed E-state index contributed by atoms with van der Waals surface area (Å²) >= 11 is 0. The molecule has 2 heterocycles. The zero-order chi connectivity index (χ0) is 12.1. The van der Waals surface area contributed by atoms with E-state index >= 15 is 0 Å². The minimum Gasteiger partial charge on any atom is -0.396 e. The number of piperidine rings is 1. The molecule has 1 N–H and O–H groups in total. The van der Waals surface area contributed by atoms with Gasteiger partial charge in [-0.2, -0.15) is 10.4 Å². The summed E-state index contributed by atoms with van der Waals surface area (Å²) in [4.78, 5) is 2.12. The Labute approximate surface area is 101 Å². The molecule has 5 nitrogen and oxygen atoms in total. The number of aliphatic hydroxyl groups is 1. The average Bonchev–Trinajstić information content (AvgIpc) is 2.40. The largest absolute Gasteiger partial charge is 0.396 e.